The summed E-state index contributed by atoms with van der Waals surface area (Å²) in [6, 6.07) is 13.5. The Morgan fingerprint density at radius 3 is 2.65 bits per heavy atom. The largest absolute Gasteiger partial charge is 0.508 e. The van der Waals surface area contributed by atoms with Gasteiger partial charge in [-0.3, -0.25) is 9.89 Å². The Labute approximate surface area is 136 Å². The summed E-state index contributed by atoms with van der Waals surface area (Å²) in [7, 11) is 0. The lowest BCUT2D eigenvalue weighted by molar-refractivity contribution is 0.475. The Morgan fingerprint density at radius 1 is 1.22 bits per heavy atom. The molecule has 0 aliphatic heterocycles. The van der Waals surface area contributed by atoms with Crippen molar-refractivity contribution >= 4 is 30.1 Å². The van der Waals surface area contributed by atoms with Gasteiger partial charge in [0.05, 0.1) is 16.3 Å². The molecule has 5 nitrogen and oxygen atoms in total. The van der Waals surface area contributed by atoms with Gasteiger partial charge in [0.1, 0.15) is 5.75 Å². The fourth-order valence-electron chi connectivity index (χ4n) is 2.17. The smallest absolute Gasteiger partial charge is 0.280 e. The van der Waals surface area contributed by atoms with Crippen LogP contribution in [0.2, 0.25) is 5.02 Å². The number of anilines is 1. The second-order valence-corrected chi connectivity index (χ2v) is 5.40. The lowest BCUT2D eigenvalue weighted by Crippen LogP contribution is -2.34. The number of aromatic amines is 1. The first-order valence-electron chi connectivity index (χ1n) is 6.86. The minimum Gasteiger partial charge on any atom is -0.508 e. The van der Waals surface area contributed by atoms with Gasteiger partial charge in [-0.2, -0.15) is 0 Å². The van der Waals surface area contributed by atoms with Crippen LogP contribution in [0.4, 0.5) is 5.69 Å². The van der Waals surface area contributed by atoms with Crippen molar-refractivity contribution in [2.75, 3.05) is 5.32 Å². The number of rotatable bonds is 3. The van der Waals surface area contributed by atoms with Gasteiger partial charge in [-0.15, -0.1) is 0 Å². The van der Waals surface area contributed by atoms with Gasteiger partial charge < -0.3 is 10.4 Å². The van der Waals surface area contributed by atoms with Gasteiger partial charge in [-0.1, -0.05) is 24.2 Å². The summed E-state index contributed by atoms with van der Waals surface area (Å²) in [5.41, 5.74) is 1.11. The molecule has 0 radical (unpaired) electrons. The van der Waals surface area contributed by atoms with Crippen LogP contribution in [-0.4, -0.2) is 14.9 Å². The van der Waals surface area contributed by atoms with Gasteiger partial charge >= 0.3 is 0 Å². The molecule has 0 atom stereocenters. The van der Waals surface area contributed by atoms with Crippen LogP contribution in [-0.2, 0) is 0 Å². The Kier molecular flexibility index (Phi) is 3.95. The topological polar surface area (TPSA) is 70.0 Å². The second kappa shape index (κ2) is 6.06. The minimum absolute atomic E-state index is 0.144. The van der Waals surface area contributed by atoms with E-state index in [0.717, 1.165) is 0 Å². The molecule has 0 aliphatic carbocycles. The van der Waals surface area contributed by atoms with Crippen LogP contribution in [0, 0.1) is 0 Å². The second-order valence-electron chi connectivity index (χ2n) is 4.96. The number of aromatic hydroxyl groups is 1. The van der Waals surface area contributed by atoms with Crippen LogP contribution < -0.4 is 21.4 Å². The predicted octanol–water partition coefficient (Wildman–Crippen LogP) is 1.78. The van der Waals surface area contributed by atoms with Crippen LogP contribution in [0.1, 0.15) is 0 Å². The summed E-state index contributed by atoms with van der Waals surface area (Å²) in [5, 5.41) is 16.8. The molecule has 116 valence electrons. The molecular formula is C17H14ClN3O2. The molecular weight excluding hydrogens is 314 g/mol. The number of aromatic nitrogens is 2. The summed E-state index contributed by atoms with van der Waals surface area (Å²) in [5.74, 6) is 0.144. The Balaban J connectivity index is 2.01. The number of phenols is 1. The van der Waals surface area contributed by atoms with Crippen molar-refractivity contribution in [3.63, 3.8) is 0 Å². The monoisotopic (exact) mass is 327 g/mol. The van der Waals surface area contributed by atoms with Gasteiger partial charge in [0.15, 0.2) is 0 Å². The van der Waals surface area contributed by atoms with Crippen LogP contribution in [0.25, 0.3) is 18.5 Å². The van der Waals surface area contributed by atoms with Gasteiger partial charge in [0.25, 0.3) is 5.56 Å². The lowest BCUT2D eigenvalue weighted by Gasteiger charge is -2.00. The maximum Gasteiger partial charge on any atom is 0.280 e. The third-order valence-electron chi connectivity index (χ3n) is 3.32. The highest BCUT2D eigenvalue weighted by Gasteiger charge is 2.04. The number of benzene rings is 2. The summed E-state index contributed by atoms with van der Waals surface area (Å²) in [4.78, 5) is 12.5. The molecule has 0 amide bonds. The molecule has 1 aromatic heterocycles. The Morgan fingerprint density at radius 2 is 1.96 bits per heavy atom. The number of nitrogens with one attached hydrogen (secondary N) is 2. The van der Waals surface area contributed by atoms with E-state index in [1.807, 2.05) is 0 Å². The third-order valence-corrected chi connectivity index (χ3v) is 3.57. The number of phenolic OH excluding ortho intramolecular Hbond substituents is 1. The highest BCUT2D eigenvalue weighted by Crippen LogP contribution is 2.15. The molecule has 0 fully saturated rings. The number of hydrogen-bond donors (Lipinski definition) is 3. The Hall–Kier alpha value is -2.92. The van der Waals surface area contributed by atoms with E-state index in [4.69, 9.17) is 11.6 Å². The van der Waals surface area contributed by atoms with Crippen molar-refractivity contribution in [3.8, 4) is 11.4 Å². The van der Waals surface area contributed by atoms with Crippen LogP contribution >= 0.6 is 11.6 Å². The van der Waals surface area contributed by atoms with Gasteiger partial charge in [-0.25, -0.2) is 4.68 Å². The summed E-state index contributed by atoms with van der Waals surface area (Å²) < 4.78 is 1.40. The molecule has 3 rings (SSSR count). The fourth-order valence-corrected chi connectivity index (χ4v) is 2.29. The average molecular weight is 328 g/mol. The normalized spacial score (nSPS) is 11.6. The first-order chi connectivity index (χ1) is 11.0. The molecule has 0 unspecified atom stereocenters. The molecule has 3 N–H and O–H groups in total. The maximum atomic E-state index is 12.5. The fraction of sp³-hybridized carbons (Fsp3) is 0. The number of H-pyrrole nitrogens is 1. The zero-order valence-corrected chi connectivity index (χ0v) is 12.8. The molecule has 0 spiro atoms. The van der Waals surface area contributed by atoms with E-state index in [9.17, 15) is 9.90 Å². The molecule has 0 bridgehead atoms. The van der Waals surface area contributed by atoms with Crippen molar-refractivity contribution in [2.24, 2.45) is 0 Å². The minimum atomic E-state index is -0.232. The molecule has 0 saturated heterocycles. The molecule has 0 saturated carbocycles. The maximum absolute atomic E-state index is 12.5. The number of nitrogens with zero attached hydrogens (tertiary/aromatic N) is 1. The zero-order chi connectivity index (χ0) is 16.4. The standard InChI is InChI=1S/C17H14ClN3O2/c1-11-16(10-19-13-3-2-4-15(22)9-13)17(23)21(20-11)14-7-5-12(18)6-8-14/h2-10,19-20,22H,1H2. The van der Waals surface area contributed by atoms with Crippen LogP contribution in [0.5, 0.6) is 5.75 Å². The van der Waals surface area contributed by atoms with Gasteiger partial charge in [0, 0.05) is 23.0 Å². The third kappa shape index (κ3) is 3.14. The lowest BCUT2D eigenvalue weighted by atomic mass is 10.3. The first kappa shape index (κ1) is 15.0. The molecule has 0 aliphatic rings. The van der Waals surface area contributed by atoms with E-state index in [1.54, 1.807) is 54.7 Å². The number of hydrogen-bond acceptors (Lipinski definition) is 3. The van der Waals surface area contributed by atoms with E-state index >= 15 is 0 Å². The van der Waals surface area contributed by atoms with Crippen molar-refractivity contribution in [3.05, 3.63) is 74.5 Å². The Bertz CT molecular complexity index is 1000. The van der Waals surface area contributed by atoms with E-state index in [-0.39, 0.29) is 11.3 Å². The van der Waals surface area contributed by atoms with Crippen LogP contribution in [0.3, 0.4) is 0 Å². The summed E-state index contributed by atoms with van der Waals surface area (Å²) in [6.45, 7) is 3.85. The van der Waals surface area contributed by atoms with Crippen molar-refractivity contribution in [2.45, 2.75) is 0 Å². The van der Waals surface area contributed by atoms with Crippen molar-refractivity contribution in [1.82, 2.24) is 9.78 Å². The molecule has 6 heteroatoms. The van der Waals surface area contributed by atoms with Crippen molar-refractivity contribution < 1.29 is 5.11 Å². The molecule has 2 aromatic carbocycles. The zero-order valence-electron chi connectivity index (χ0n) is 12.1. The van der Waals surface area contributed by atoms with Gasteiger partial charge in [0.2, 0.25) is 0 Å². The summed E-state index contributed by atoms with van der Waals surface area (Å²) in [6.07, 6.45) is 1.56. The molecule has 3 aromatic rings. The molecule has 23 heavy (non-hydrogen) atoms. The van der Waals surface area contributed by atoms with E-state index in [1.165, 1.54) is 4.68 Å². The van der Waals surface area contributed by atoms with Crippen LogP contribution in [0.15, 0.2) is 53.3 Å². The first-order valence-corrected chi connectivity index (χ1v) is 7.24. The SMILES string of the molecule is C=c1[nH]n(-c2ccc(Cl)cc2)c(=O)c1=CNc1cccc(O)c1. The van der Waals surface area contributed by atoms with Crippen molar-refractivity contribution in [1.29, 1.82) is 0 Å². The number of halogens is 1. The highest BCUT2D eigenvalue weighted by atomic mass is 35.5. The average Bonchev–Trinajstić information content (AvgIpc) is 2.81. The van der Waals surface area contributed by atoms with E-state index in [0.29, 0.717) is 27.0 Å². The predicted molar refractivity (Wildman–Crippen MR) is 92.4 cm³/mol. The van der Waals surface area contributed by atoms with E-state index < -0.39 is 0 Å². The summed E-state index contributed by atoms with van der Waals surface area (Å²) >= 11 is 5.86. The molecule has 1 heterocycles. The van der Waals surface area contributed by atoms with E-state index in [2.05, 4.69) is 17.0 Å². The van der Waals surface area contributed by atoms with Gasteiger partial charge in [-0.05, 0) is 36.4 Å². The quantitative estimate of drug-likeness (QED) is 0.687. The highest BCUT2D eigenvalue weighted by molar-refractivity contribution is 6.30.